The summed E-state index contributed by atoms with van der Waals surface area (Å²) in [5.74, 6) is -0.898. The van der Waals surface area contributed by atoms with E-state index in [-0.39, 0.29) is 30.0 Å². The number of pyridine rings is 1. The molecule has 6 nitrogen and oxygen atoms in total. The number of aromatic nitrogens is 3. The van der Waals surface area contributed by atoms with Gasteiger partial charge < -0.3 is 10.0 Å². The minimum atomic E-state index is -1.30. The number of halogens is 1. The molecule has 3 rings (SSSR count). The smallest absolute Gasteiger partial charge is 0.274 e. The second-order valence-corrected chi connectivity index (χ2v) is 5.71. The Balaban J connectivity index is 1.72. The minimum absolute atomic E-state index is 0.183. The zero-order chi connectivity index (χ0) is 16.4. The van der Waals surface area contributed by atoms with Crippen molar-refractivity contribution in [3.63, 3.8) is 0 Å². The number of aliphatic hydroxyl groups is 1. The standard InChI is InChI=1S/C16H17FN4O2/c1-11-9-20-13(10-19-11)15(22)21-7-4-16(23,5-8-21)12-3-2-6-18-14(12)17/h2-3,6,9-10,23H,4-5,7-8H2,1H3. The number of carbonyl (C=O) groups is 1. The van der Waals surface area contributed by atoms with Crippen LogP contribution >= 0.6 is 0 Å². The van der Waals surface area contributed by atoms with Crippen LogP contribution in [0.4, 0.5) is 4.39 Å². The molecule has 0 spiro atoms. The molecule has 120 valence electrons. The molecule has 1 aliphatic heterocycles. The van der Waals surface area contributed by atoms with Crippen molar-refractivity contribution in [2.24, 2.45) is 0 Å². The number of rotatable bonds is 2. The van der Waals surface area contributed by atoms with E-state index < -0.39 is 11.5 Å². The van der Waals surface area contributed by atoms with Crippen LogP contribution in [0.1, 0.15) is 34.6 Å². The van der Waals surface area contributed by atoms with E-state index in [1.54, 1.807) is 24.1 Å². The Bertz CT molecular complexity index is 712. The van der Waals surface area contributed by atoms with Gasteiger partial charge >= 0.3 is 0 Å². The van der Waals surface area contributed by atoms with Crippen LogP contribution in [0.2, 0.25) is 0 Å². The molecule has 1 fully saturated rings. The summed E-state index contributed by atoms with van der Waals surface area (Å²) < 4.78 is 13.8. The summed E-state index contributed by atoms with van der Waals surface area (Å²) in [5.41, 5.74) is -0.105. The van der Waals surface area contributed by atoms with Crippen LogP contribution in [0, 0.1) is 12.9 Å². The van der Waals surface area contributed by atoms with Crippen molar-refractivity contribution >= 4 is 5.91 Å². The lowest BCUT2D eigenvalue weighted by atomic mass is 9.85. The fourth-order valence-electron chi connectivity index (χ4n) is 2.75. The van der Waals surface area contributed by atoms with Gasteiger partial charge in [-0.2, -0.15) is 4.39 Å². The number of piperidine rings is 1. The average molecular weight is 316 g/mol. The van der Waals surface area contributed by atoms with E-state index in [2.05, 4.69) is 15.0 Å². The quantitative estimate of drug-likeness (QED) is 0.848. The predicted molar refractivity (Wildman–Crippen MR) is 80.0 cm³/mol. The number of carbonyl (C=O) groups excluding carboxylic acids is 1. The summed E-state index contributed by atoms with van der Waals surface area (Å²) >= 11 is 0. The maximum absolute atomic E-state index is 13.8. The molecular formula is C16H17FN4O2. The van der Waals surface area contributed by atoms with Crippen molar-refractivity contribution in [3.05, 3.63) is 53.6 Å². The van der Waals surface area contributed by atoms with E-state index in [4.69, 9.17) is 0 Å². The highest BCUT2D eigenvalue weighted by atomic mass is 19.1. The van der Waals surface area contributed by atoms with Crippen LogP contribution in [-0.4, -0.2) is 44.0 Å². The number of hydrogen-bond donors (Lipinski definition) is 1. The Labute approximate surface area is 133 Å². The van der Waals surface area contributed by atoms with Crippen LogP contribution in [-0.2, 0) is 5.60 Å². The lowest BCUT2D eigenvalue weighted by Crippen LogP contribution is -2.45. The average Bonchev–Trinajstić information content (AvgIpc) is 2.56. The number of aryl methyl sites for hydroxylation is 1. The van der Waals surface area contributed by atoms with Gasteiger partial charge in [0.15, 0.2) is 0 Å². The van der Waals surface area contributed by atoms with E-state index in [1.807, 2.05) is 0 Å². The van der Waals surface area contributed by atoms with Gasteiger partial charge in [-0.3, -0.25) is 9.78 Å². The van der Waals surface area contributed by atoms with Gasteiger partial charge in [0.25, 0.3) is 5.91 Å². The summed E-state index contributed by atoms with van der Waals surface area (Å²) in [4.78, 5) is 25.7. The lowest BCUT2D eigenvalue weighted by molar-refractivity contribution is -0.0242. The zero-order valence-corrected chi connectivity index (χ0v) is 12.7. The van der Waals surface area contributed by atoms with Crippen molar-refractivity contribution in [2.45, 2.75) is 25.4 Å². The van der Waals surface area contributed by atoms with Crippen LogP contribution in [0.15, 0.2) is 30.7 Å². The van der Waals surface area contributed by atoms with Crippen LogP contribution in [0.25, 0.3) is 0 Å². The van der Waals surface area contributed by atoms with Gasteiger partial charge in [0.05, 0.1) is 17.5 Å². The Kier molecular flexibility index (Phi) is 4.04. The molecule has 0 aliphatic carbocycles. The topological polar surface area (TPSA) is 79.2 Å². The first-order valence-corrected chi connectivity index (χ1v) is 7.41. The van der Waals surface area contributed by atoms with Crippen LogP contribution in [0.5, 0.6) is 0 Å². The van der Waals surface area contributed by atoms with Crippen molar-refractivity contribution in [3.8, 4) is 0 Å². The van der Waals surface area contributed by atoms with Gasteiger partial charge in [-0.05, 0) is 25.8 Å². The highest BCUT2D eigenvalue weighted by Gasteiger charge is 2.38. The predicted octanol–water partition coefficient (Wildman–Crippen LogP) is 1.44. The van der Waals surface area contributed by atoms with E-state index in [0.717, 1.165) is 5.69 Å². The largest absolute Gasteiger partial charge is 0.385 e. The van der Waals surface area contributed by atoms with Gasteiger partial charge in [0.2, 0.25) is 5.95 Å². The normalized spacial score (nSPS) is 17.1. The second kappa shape index (κ2) is 6.00. The third-order valence-corrected chi connectivity index (χ3v) is 4.14. The first kappa shape index (κ1) is 15.5. The molecule has 2 aromatic rings. The van der Waals surface area contributed by atoms with Crippen LogP contribution in [0.3, 0.4) is 0 Å². The molecule has 0 radical (unpaired) electrons. The molecule has 7 heteroatoms. The Morgan fingerprint density at radius 2 is 2.00 bits per heavy atom. The number of nitrogens with zero attached hydrogens (tertiary/aromatic N) is 4. The highest BCUT2D eigenvalue weighted by molar-refractivity contribution is 5.92. The van der Waals surface area contributed by atoms with E-state index in [0.29, 0.717) is 13.1 Å². The summed E-state index contributed by atoms with van der Waals surface area (Å²) in [6.45, 7) is 2.43. The monoisotopic (exact) mass is 316 g/mol. The number of likely N-dealkylation sites (tertiary alicyclic amines) is 1. The van der Waals surface area contributed by atoms with Crippen molar-refractivity contribution in [1.29, 1.82) is 0 Å². The highest BCUT2D eigenvalue weighted by Crippen LogP contribution is 2.33. The first-order chi connectivity index (χ1) is 11.0. The Morgan fingerprint density at radius 3 is 2.61 bits per heavy atom. The second-order valence-electron chi connectivity index (χ2n) is 5.71. The van der Waals surface area contributed by atoms with Gasteiger partial charge in [-0.15, -0.1) is 0 Å². The maximum Gasteiger partial charge on any atom is 0.274 e. The third kappa shape index (κ3) is 3.05. The van der Waals surface area contributed by atoms with E-state index in [1.165, 1.54) is 18.5 Å². The van der Waals surface area contributed by atoms with Gasteiger partial charge in [0.1, 0.15) is 5.69 Å². The van der Waals surface area contributed by atoms with Gasteiger partial charge in [-0.25, -0.2) is 9.97 Å². The Morgan fingerprint density at radius 1 is 1.26 bits per heavy atom. The molecule has 0 saturated carbocycles. The summed E-state index contributed by atoms with van der Waals surface area (Å²) in [6.07, 6.45) is 4.83. The molecule has 1 N–H and O–H groups in total. The Hall–Kier alpha value is -2.41. The lowest BCUT2D eigenvalue weighted by Gasteiger charge is -2.38. The molecule has 1 aliphatic rings. The summed E-state index contributed by atoms with van der Waals surface area (Å²) in [7, 11) is 0. The molecule has 0 bridgehead atoms. The third-order valence-electron chi connectivity index (χ3n) is 4.14. The molecule has 2 aromatic heterocycles. The molecule has 0 unspecified atom stereocenters. The number of amides is 1. The van der Waals surface area contributed by atoms with Crippen molar-refractivity contribution in [1.82, 2.24) is 19.9 Å². The van der Waals surface area contributed by atoms with Gasteiger partial charge in [-0.1, -0.05) is 6.07 Å². The summed E-state index contributed by atoms with van der Waals surface area (Å²) in [5, 5.41) is 10.7. The van der Waals surface area contributed by atoms with Crippen molar-refractivity contribution < 1.29 is 14.3 Å². The molecule has 3 heterocycles. The fourth-order valence-corrected chi connectivity index (χ4v) is 2.75. The molecule has 0 atom stereocenters. The molecule has 1 amide bonds. The first-order valence-electron chi connectivity index (χ1n) is 7.41. The molecule has 23 heavy (non-hydrogen) atoms. The minimum Gasteiger partial charge on any atom is -0.385 e. The van der Waals surface area contributed by atoms with E-state index in [9.17, 15) is 14.3 Å². The van der Waals surface area contributed by atoms with Crippen LogP contribution < -0.4 is 0 Å². The number of hydrogen-bond acceptors (Lipinski definition) is 5. The van der Waals surface area contributed by atoms with Gasteiger partial charge in [0, 0.05) is 31.0 Å². The van der Waals surface area contributed by atoms with E-state index >= 15 is 0 Å². The van der Waals surface area contributed by atoms with Crippen molar-refractivity contribution in [2.75, 3.05) is 13.1 Å². The SMILES string of the molecule is Cc1cnc(C(=O)N2CCC(O)(c3cccnc3F)CC2)cn1. The molecule has 1 saturated heterocycles. The molecular weight excluding hydrogens is 299 g/mol. The molecule has 0 aromatic carbocycles. The fraction of sp³-hybridized carbons (Fsp3) is 0.375. The zero-order valence-electron chi connectivity index (χ0n) is 12.7. The maximum atomic E-state index is 13.8. The summed E-state index contributed by atoms with van der Waals surface area (Å²) in [6, 6.07) is 3.13.